The van der Waals surface area contributed by atoms with E-state index >= 15 is 0 Å². The van der Waals surface area contributed by atoms with Crippen molar-refractivity contribution in [3.63, 3.8) is 0 Å². The molecule has 1 heterocycles. The third-order valence-electron chi connectivity index (χ3n) is 1.26. The second-order valence-corrected chi connectivity index (χ2v) is 1.94. The van der Waals surface area contributed by atoms with Crippen LogP contribution in [-0.4, -0.2) is 29.3 Å². The van der Waals surface area contributed by atoms with Gasteiger partial charge in [-0.2, -0.15) is 0 Å². The molecule has 1 fully saturated rings. The molecule has 0 aromatic carbocycles. The summed E-state index contributed by atoms with van der Waals surface area (Å²) in [6.07, 6.45) is 0.332. The molecule has 8 heavy (non-hydrogen) atoms. The van der Waals surface area contributed by atoms with E-state index in [0.29, 0.717) is 19.5 Å². The zero-order valence-electron chi connectivity index (χ0n) is 4.45. The maximum absolute atomic E-state index is 9.72. The van der Waals surface area contributed by atoms with E-state index in [4.69, 9.17) is 5.11 Å². The largest absolute Gasteiger partial charge is 0.391 e. The van der Waals surface area contributed by atoms with Gasteiger partial charge in [0, 0.05) is 6.54 Å². The molecule has 0 aliphatic carbocycles. The van der Waals surface area contributed by atoms with E-state index < -0.39 is 0 Å². The van der Waals surface area contributed by atoms with Crippen LogP contribution in [0.3, 0.4) is 0 Å². The van der Waals surface area contributed by atoms with Gasteiger partial charge in [-0.3, -0.25) is 5.01 Å². The number of aliphatic hydroxyl groups is 1. The number of rotatable bonds is 1. The monoisotopic (exact) mass is 116 g/mol. The molecule has 4 nitrogen and oxygen atoms in total. The predicted molar refractivity (Wildman–Crippen MR) is 28.0 cm³/mol. The molecule has 0 radical (unpaired) electrons. The number of hydrogen-bond acceptors (Lipinski definition) is 3. The molecule has 0 aromatic heterocycles. The zero-order chi connectivity index (χ0) is 5.98. The normalized spacial score (nSPS) is 28.6. The van der Waals surface area contributed by atoms with Crippen molar-refractivity contribution < 1.29 is 5.11 Å². The van der Waals surface area contributed by atoms with E-state index in [0.717, 1.165) is 0 Å². The summed E-state index contributed by atoms with van der Waals surface area (Å²) in [4.78, 5) is 9.72. The summed E-state index contributed by atoms with van der Waals surface area (Å²) in [5.74, 6) is 0. The summed E-state index contributed by atoms with van der Waals surface area (Å²) in [5, 5.41) is 12.8. The van der Waals surface area contributed by atoms with Crippen LogP contribution in [0.5, 0.6) is 0 Å². The lowest BCUT2D eigenvalue weighted by Crippen LogP contribution is -2.14. The molecule has 0 bridgehead atoms. The highest BCUT2D eigenvalue weighted by atomic mass is 16.3. The first-order chi connectivity index (χ1) is 3.83. The first-order valence-corrected chi connectivity index (χ1v) is 2.59. The Bertz CT molecular complexity index is 96.0. The zero-order valence-corrected chi connectivity index (χ0v) is 4.45. The smallest absolute Gasteiger partial charge is 0.0750 e. The molecular formula is C4H8N2O2. The standard InChI is InChI=1S/C4H8N2O2/c7-4-1-2-6(3-4)5-8/h4,7H,1-3H2. The molecule has 1 rings (SSSR count). The molecule has 0 aromatic rings. The molecule has 1 aliphatic rings. The molecule has 1 unspecified atom stereocenters. The summed E-state index contributed by atoms with van der Waals surface area (Å²) < 4.78 is 0. The van der Waals surface area contributed by atoms with Crippen molar-refractivity contribution in [2.75, 3.05) is 13.1 Å². The van der Waals surface area contributed by atoms with Gasteiger partial charge in [-0.15, -0.1) is 4.91 Å². The molecule has 1 atom stereocenters. The summed E-state index contributed by atoms with van der Waals surface area (Å²) in [7, 11) is 0. The minimum atomic E-state index is -0.340. The Hall–Kier alpha value is -0.640. The Labute approximate surface area is 47.0 Å². The fraction of sp³-hybridized carbons (Fsp3) is 1.00. The topological polar surface area (TPSA) is 52.9 Å². The van der Waals surface area contributed by atoms with Crippen LogP contribution in [0.15, 0.2) is 5.29 Å². The van der Waals surface area contributed by atoms with Crippen molar-refractivity contribution in [2.45, 2.75) is 12.5 Å². The van der Waals surface area contributed by atoms with Crippen LogP contribution in [0.4, 0.5) is 0 Å². The van der Waals surface area contributed by atoms with Gasteiger partial charge in [0.1, 0.15) is 0 Å². The lowest BCUT2D eigenvalue weighted by atomic mass is 10.3. The lowest BCUT2D eigenvalue weighted by Gasteiger charge is -2.01. The Morgan fingerprint density at radius 1 is 1.75 bits per heavy atom. The van der Waals surface area contributed by atoms with Gasteiger partial charge in [-0.25, -0.2) is 0 Å². The van der Waals surface area contributed by atoms with Crippen molar-refractivity contribution >= 4 is 0 Å². The second-order valence-electron chi connectivity index (χ2n) is 1.94. The van der Waals surface area contributed by atoms with Gasteiger partial charge in [0.05, 0.1) is 17.9 Å². The van der Waals surface area contributed by atoms with Gasteiger partial charge in [0.25, 0.3) is 0 Å². The van der Waals surface area contributed by atoms with Gasteiger partial charge >= 0.3 is 0 Å². The molecule has 0 spiro atoms. The van der Waals surface area contributed by atoms with Gasteiger partial charge in [0.2, 0.25) is 0 Å². The van der Waals surface area contributed by atoms with E-state index in [2.05, 4.69) is 5.29 Å². The van der Waals surface area contributed by atoms with Gasteiger partial charge in [0.15, 0.2) is 0 Å². The molecule has 0 saturated carbocycles. The first kappa shape index (κ1) is 5.50. The fourth-order valence-electron chi connectivity index (χ4n) is 0.798. The van der Waals surface area contributed by atoms with E-state index in [1.165, 1.54) is 5.01 Å². The van der Waals surface area contributed by atoms with Gasteiger partial charge in [-0.05, 0) is 6.42 Å². The summed E-state index contributed by atoms with van der Waals surface area (Å²) >= 11 is 0. The number of aliphatic hydroxyl groups excluding tert-OH is 1. The third kappa shape index (κ3) is 0.949. The van der Waals surface area contributed by atoms with Crippen LogP contribution in [0.1, 0.15) is 6.42 Å². The highest BCUT2D eigenvalue weighted by molar-refractivity contribution is 4.70. The van der Waals surface area contributed by atoms with E-state index in [-0.39, 0.29) is 6.10 Å². The average molecular weight is 116 g/mol. The van der Waals surface area contributed by atoms with Crippen LogP contribution in [0, 0.1) is 4.91 Å². The molecular weight excluding hydrogens is 108 g/mol. The predicted octanol–water partition coefficient (Wildman–Crippen LogP) is -0.266. The summed E-state index contributed by atoms with van der Waals surface area (Å²) in [6.45, 7) is 1.01. The number of nitrogens with zero attached hydrogens (tertiary/aromatic N) is 2. The van der Waals surface area contributed by atoms with E-state index in [1.807, 2.05) is 0 Å². The Morgan fingerprint density at radius 3 is 2.75 bits per heavy atom. The number of nitroso groups, excluding NO2 is 1. The SMILES string of the molecule is O=NN1CCC(O)C1. The van der Waals surface area contributed by atoms with E-state index in [9.17, 15) is 4.91 Å². The van der Waals surface area contributed by atoms with Crippen molar-refractivity contribution in [3.8, 4) is 0 Å². The molecule has 1 N–H and O–H groups in total. The minimum Gasteiger partial charge on any atom is -0.391 e. The molecule has 4 heteroatoms. The van der Waals surface area contributed by atoms with Crippen LogP contribution in [0.2, 0.25) is 0 Å². The van der Waals surface area contributed by atoms with Crippen molar-refractivity contribution in [1.29, 1.82) is 0 Å². The summed E-state index contributed by atoms with van der Waals surface area (Å²) in [5.41, 5.74) is 0. The minimum absolute atomic E-state index is 0.340. The lowest BCUT2D eigenvalue weighted by molar-refractivity contribution is 0.177. The fourth-order valence-corrected chi connectivity index (χ4v) is 0.798. The Balaban J connectivity index is 2.32. The number of hydrogen-bond donors (Lipinski definition) is 1. The van der Waals surface area contributed by atoms with Crippen LogP contribution in [0.25, 0.3) is 0 Å². The van der Waals surface area contributed by atoms with Crippen molar-refractivity contribution in [3.05, 3.63) is 4.91 Å². The highest BCUT2D eigenvalue weighted by Gasteiger charge is 2.18. The molecule has 0 amide bonds. The molecule has 1 aliphatic heterocycles. The molecule has 46 valence electrons. The second kappa shape index (κ2) is 2.09. The van der Waals surface area contributed by atoms with Crippen molar-refractivity contribution in [2.24, 2.45) is 5.29 Å². The van der Waals surface area contributed by atoms with Crippen LogP contribution >= 0.6 is 0 Å². The average Bonchev–Trinajstić information content (AvgIpc) is 2.14. The Kier molecular flexibility index (Phi) is 1.43. The van der Waals surface area contributed by atoms with Crippen LogP contribution < -0.4 is 0 Å². The van der Waals surface area contributed by atoms with Crippen molar-refractivity contribution in [1.82, 2.24) is 5.01 Å². The van der Waals surface area contributed by atoms with Gasteiger partial charge in [-0.1, -0.05) is 0 Å². The number of β-amino-alcohol motifs (C(OH)–C–C–N with tert-alkyl or cyclic N) is 1. The van der Waals surface area contributed by atoms with Gasteiger partial charge < -0.3 is 5.11 Å². The maximum atomic E-state index is 9.72. The maximum Gasteiger partial charge on any atom is 0.0750 e. The summed E-state index contributed by atoms with van der Waals surface area (Å²) in [6, 6.07) is 0. The first-order valence-electron chi connectivity index (χ1n) is 2.59. The quantitative estimate of drug-likeness (QED) is 0.480. The van der Waals surface area contributed by atoms with Crippen LogP contribution in [-0.2, 0) is 0 Å². The van der Waals surface area contributed by atoms with E-state index in [1.54, 1.807) is 0 Å². The third-order valence-corrected chi connectivity index (χ3v) is 1.26. The highest BCUT2D eigenvalue weighted by Crippen LogP contribution is 2.07. The Morgan fingerprint density at radius 2 is 2.50 bits per heavy atom. The molecule has 1 saturated heterocycles.